The van der Waals surface area contributed by atoms with Crippen molar-refractivity contribution in [1.29, 1.82) is 0 Å². The summed E-state index contributed by atoms with van der Waals surface area (Å²) in [7, 11) is 0. The van der Waals surface area contributed by atoms with Gasteiger partial charge in [-0.25, -0.2) is 9.79 Å². The van der Waals surface area contributed by atoms with Crippen LogP contribution < -0.4 is 4.90 Å². The third-order valence-corrected chi connectivity index (χ3v) is 5.87. The quantitative estimate of drug-likeness (QED) is 0.443. The smallest absolute Gasteiger partial charge is 0.335 e. The molecule has 1 N–H and O–H groups in total. The fraction of sp³-hybridized carbons (Fsp3) is 0. The number of aliphatic imine (C=N–C) groups is 1. The van der Waals surface area contributed by atoms with Crippen LogP contribution in [0.5, 0.6) is 0 Å². The molecule has 0 radical (unpaired) electrons. The van der Waals surface area contributed by atoms with E-state index < -0.39 is 5.97 Å². The van der Waals surface area contributed by atoms with Crippen molar-refractivity contribution in [3.63, 3.8) is 0 Å². The van der Waals surface area contributed by atoms with Gasteiger partial charge in [0.2, 0.25) is 0 Å². The highest BCUT2D eigenvalue weighted by molar-refractivity contribution is 8.19. The highest BCUT2D eigenvalue weighted by atomic mass is 35.5. The van der Waals surface area contributed by atoms with E-state index in [-0.39, 0.29) is 11.5 Å². The van der Waals surface area contributed by atoms with E-state index in [0.29, 0.717) is 37.1 Å². The molecular weight excluding hydrogens is 455 g/mol. The van der Waals surface area contributed by atoms with Gasteiger partial charge in [0.15, 0.2) is 5.17 Å². The molecule has 0 aliphatic carbocycles. The highest BCUT2D eigenvalue weighted by Gasteiger charge is 2.34. The molecule has 0 saturated carbocycles. The van der Waals surface area contributed by atoms with Crippen LogP contribution in [0.4, 0.5) is 11.4 Å². The van der Waals surface area contributed by atoms with Gasteiger partial charge in [-0.3, -0.25) is 9.69 Å². The van der Waals surface area contributed by atoms with Crippen LogP contribution in [0, 0.1) is 0 Å². The number of carboxylic acids is 1. The molecule has 1 heterocycles. The number of hydrogen-bond acceptors (Lipinski definition) is 4. The summed E-state index contributed by atoms with van der Waals surface area (Å²) in [5, 5.41) is 10.7. The van der Waals surface area contributed by atoms with Crippen LogP contribution >= 0.6 is 35.0 Å². The predicted molar refractivity (Wildman–Crippen MR) is 126 cm³/mol. The van der Waals surface area contributed by atoms with E-state index in [1.165, 1.54) is 28.8 Å². The Balaban J connectivity index is 1.73. The van der Waals surface area contributed by atoms with Crippen LogP contribution in [0.15, 0.2) is 82.7 Å². The van der Waals surface area contributed by atoms with Crippen molar-refractivity contribution in [1.82, 2.24) is 0 Å². The minimum absolute atomic E-state index is 0.181. The molecule has 8 heteroatoms. The summed E-state index contributed by atoms with van der Waals surface area (Å²) in [6.45, 7) is 0. The van der Waals surface area contributed by atoms with Gasteiger partial charge in [-0.1, -0.05) is 35.3 Å². The first-order chi connectivity index (χ1) is 14.9. The number of amidine groups is 1. The first-order valence-corrected chi connectivity index (χ1v) is 10.6. The molecule has 1 fully saturated rings. The lowest BCUT2D eigenvalue weighted by molar-refractivity contribution is -0.113. The number of halogens is 2. The number of carbonyl (C=O) groups excluding carboxylic acids is 1. The molecule has 1 aliphatic heterocycles. The highest BCUT2D eigenvalue weighted by Crippen LogP contribution is 2.37. The van der Waals surface area contributed by atoms with Gasteiger partial charge in [-0.15, -0.1) is 0 Å². The van der Waals surface area contributed by atoms with Crippen LogP contribution in [0.2, 0.25) is 10.0 Å². The van der Waals surface area contributed by atoms with Gasteiger partial charge in [0.1, 0.15) is 0 Å². The van der Waals surface area contributed by atoms with Crippen LogP contribution in [-0.4, -0.2) is 22.2 Å². The van der Waals surface area contributed by atoms with E-state index in [4.69, 9.17) is 28.3 Å². The molecule has 154 valence electrons. The van der Waals surface area contributed by atoms with E-state index in [1.807, 2.05) is 0 Å². The minimum atomic E-state index is -1.00. The summed E-state index contributed by atoms with van der Waals surface area (Å²) < 4.78 is 0. The largest absolute Gasteiger partial charge is 0.478 e. The minimum Gasteiger partial charge on any atom is -0.478 e. The van der Waals surface area contributed by atoms with Gasteiger partial charge in [-0.2, -0.15) is 0 Å². The predicted octanol–water partition coefficient (Wildman–Crippen LogP) is 6.50. The monoisotopic (exact) mass is 468 g/mol. The number of benzene rings is 3. The SMILES string of the molecule is O=C(O)c1ccc(/C=C2\SC(=Nc3ccc(Cl)cc3)N(c3ccc(Cl)cc3)C2=O)cc1. The lowest BCUT2D eigenvalue weighted by Crippen LogP contribution is -2.28. The molecule has 0 atom stereocenters. The second kappa shape index (κ2) is 8.98. The summed E-state index contributed by atoms with van der Waals surface area (Å²) >= 11 is 13.2. The molecule has 1 amide bonds. The normalized spacial score (nSPS) is 16.3. The van der Waals surface area contributed by atoms with Gasteiger partial charge in [0, 0.05) is 10.0 Å². The van der Waals surface area contributed by atoms with E-state index >= 15 is 0 Å². The Hall–Kier alpha value is -3.06. The number of rotatable bonds is 4. The number of anilines is 1. The van der Waals surface area contributed by atoms with Crippen molar-refractivity contribution in [2.75, 3.05) is 4.90 Å². The Morgan fingerprint density at radius 1 is 0.903 bits per heavy atom. The van der Waals surface area contributed by atoms with E-state index in [9.17, 15) is 9.59 Å². The molecule has 5 nitrogen and oxygen atoms in total. The zero-order valence-electron chi connectivity index (χ0n) is 15.8. The molecule has 3 aromatic rings. The van der Waals surface area contributed by atoms with E-state index in [2.05, 4.69) is 4.99 Å². The molecule has 1 saturated heterocycles. The average molecular weight is 469 g/mol. The Bertz CT molecular complexity index is 1210. The zero-order valence-corrected chi connectivity index (χ0v) is 18.2. The van der Waals surface area contributed by atoms with Gasteiger partial charge < -0.3 is 5.11 Å². The topological polar surface area (TPSA) is 70.0 Å². The summed E-state index contributed by atoms with van der Waals surface area (Å²) in [5.41, 5.74) is 2.19. The molecule has 31 heavy (non-hydrogen) atoms. The molecule has 1 aliphatic rings. The number of carboxylic acid groups (broad SMARTS) is 1. The Morgan fingerprint density at radius 2 is 1.48 bits per heavy atom. The van der Waals surface area contributed by atoms with Crippen LogP contribution in [0.1, 0.15) is 15.9 Å². The van der Waals surface area contributed by atoms with Crippen molar-refractivity contribution < 1.29 is 14.7 Å². The summed E-state index contributed by atoms with van der Waals surface area (Å²) in [6.07, 6.45) is 1.71. The summed E-state index contributed by atoms with van der Waals surface area (Å²) in [4.78, 5) is 30.9. The molecular formula is C23H14Cl2N2O3S. The first kappa shape index (κ1) is 21.2. The molecule has 3 aromatic carbocycles. The fourth-order valence-corrected chi connectivity index (χ4v) is 4.12. The molecule has 0 bridgehead atoms. The van der Waals surface area contributed by atoms with Gasteiger partial charge in [0.05, 0.1) is 21.8 Å². The lowest BCUT2D eigenvalue weighted by Gasteiger charge is -2.15. The first-order valence-electron chi connectivity index (χ1n) is 9.08. The third kappa shape index (κ3) is 4.82. The fourth-order valence-electron chi connectivity index (χ4n) is 2.87. The number of nitrogens with zero attached hydrogens (tertiary/aromatic N) is 2. The van der Waals surface area contributed by atoms with Gasteiger partial charge >= 0.3 is 5.97 Å². The number of hydrogen-bond donors (Lipinski definition) is 1. The number of aromatic carboxylic acids is 1. The van der Waals surface area contributed by atoms with Gasteiger partial charge in [-0.05, 0) is 84.1 Å². The van der Waals surface area contributed by atoms with E-state index in [1.54, 1.807) is 66.7 Å². The number of thioether (sulfide) groups is 1. The Kier molecular flexibility index (Phi) is 6.13. The molecule has 0 unspecified atom stereocenters. The lowest BCUT2D eigenvalue weighted by atomic mass is 10.1. The zero-order chi connectivity index (χ0) is 22.0. The maximum absolute atomic E-state index is 13.2. The Labute approximate surface area is 192 Å². The Morgan fingerprint density at radius 3 is 2.06 bits per heavy atom. The molecule has 0 spiro atoms. The van der Waals surface area contributed by atoms with Crippen molar-refractivity contribution in [3.8, 4) is 0 Å². The second-order valence-electron chi connectivity index (χ2n) is 6.53. The van der Waals surface area contributed by atoms with Crippen molar-refractivity contribution >= 4 is 69.5 Å². The summed E-state index contributed by atoms with van der Waals surface area (Å²) in [6, 6.07) is 20.2. The van der Waals surface area contributed by atoms with Crippen molar-refractivity contribution in [2.24, 2.45) is 4.99 Å². The maximum atomic E-state index is 13.2. The summed E-state index contributed by atoms with van der Waals surface area (Å²) in [5.74, 6) is -1.24. The second-order valence-corrected chi connectivity index (χ2v) is 8.41. The van der Waals surface area contributed by atoms with Gasteiger partial charge in [0.25, 0.3) is 5.91 Å². The van der Waals surface area contributed by atoms with Crippen LogP contribution in [0.3, 0.4) is 0 Å². The maximum Gasteiger partial charge on any atom is 0.335 e. The van der Waals surface area contributed by atoms with Crippen molar-refractivity contribution in [2.45, 2.75) is 0 Å². The molecule has 4 rings (SSSR count). The van der Waals surface area contributed by atoms with Crippen LogP contribution in [0.25, 0.3) is 6.08 Å². The average Bonchev–Trinajstić information content (AvgIpc) is 3.05. The third-order valence-electron chi connectivity index (χ3n) is 4.40. The van der Waals surface area contributed by atoms with E-state index in [0.717, 1.165) is 0 Å². The number of amides is 1. The van der Waals surface area contributed by atoms with Crippen molar-refractivity contribution in [3.05, 3.63) is 98.9 Å². The van der Waals surface area contributed by atoms with Crippen LogP contribution in [-0.2, 0) is 4.79 Å². The number of carbonyl (C=O) groups is 2. The standard InChI is InChI=1S/C23H14Cl2N2O3S/c24-16-5-9-18(10-6-16)26-23-27(19-11-7-17(25)8-12-19)21(28)20(31-23)13-14-1-3-15(4-2-14)22(29)30/h1-13H,(H,29,30)/b20-13-,26-23?. The molecule has 0 aromatic heterocycles.